The standard InChI is InChI=1S/C23H24ClF3N4O2/c1-28-22(33)19-3-2-4-20(32)31(19)21(23(25,26)27)18-8-7-16(12-29-18)30-17-10-13-5-6-15(24)9-14(13)11-17/h5-9,12,17,19,21,30H,2-4,10-11H2,1H3,(H,28,33)/t17-,19?,21?/m0/s1. The summed E-state index contributed by atoms with van der Waals surface area (Å²) in [6.45, 7) is 0. The third kappa shape index (κ3) is 4.93. The van der Waals surface area contributed by atoms with Gasteiger partial charge in [0.15, 0.2) is 6.04 Å². The van der Waals surface area contributed by atoms with Crippen LogP contribution < -0.4 is 10.6 Å². The molecular weight excluding hydrogens is 457 g/mol. The zero-order valence-electron chi connectivity index (χ0n) is 18.0. The van der Waals surface area contributed by atoms with Crippen molar-refractivity contribution >= 4 is 29.1 Å². The van der Waals surface area contributed by atoms with Gasteiger partial charge >= 0.3 is 6.18 Å². The number of fused-ring (bicyclic) bond motifs is 1. The Morgan fingerprint density at radius 1 is 1.21 bits per heavy atom. The van der Waals surface area contributed by atoms with Crippen LogP contribution in [0.2, 0.25) is 5.02 Å². The monoisotopic (exact) mass is 480 g/mol. The van der Waals surface area contributed by atoms with E-state index in [1.54, 1.807) is 0 Å². The Labute approximate surface area is 194 Å². The number of hydrogen-bond acceptors (Lipinski definition) is 4. The molecule has 2 amide bonds. The molecule has 6 nitrogen and oxygen atoms in total. The molecule has 10 heteroatoms. The summed E-state index contributed by atoms with van der Waals surface area (Å²) in [6, 6.07) is 5.13. The van der Waals surface area contributed by atoms with Gasteiger partial charge in [-0.15, -0.1) is 0 Å². The summed E-state index contributed by atoms with van der Waals surface area (Å²) >= 11 is 6.05. The summed E-state index contributed by atoms with van der Waals surface area (Å²) in [6.07, 6.45) is -1.42. The molecule has 176 valence electrons. The van der Waals surface area contributed by atoms with Gasteiger partial charge in [0.2, 0.25) is 11.8 Å². The number of anilines is 1. The average Bonchev–Trinajstić information content (AvgIpc) is 3.16. The number of alkyl halides is 3. The largest absolute Gasteiger partial charge is 0.414 e. The number of pyridine rings is 1. The van der Waals surface area contributed by atoms with E-state index >= 15 is 0 Å². The van der Waals surface area contributed by atoms with Gasteiger partial charge in [0.1, 0.15) is 6.04 Å². The van der Waals surface area contributed by atoms with Gasteiger partial charge in [-0.25, -0.2) is 0 Å². The van der Waals surface area contributed by atoms with Gasteiger partial charge in [-0.2, -0.15) is 13.2 Å². The van der Waals surface area contributed by atoms with Gasteiger partial charge < -0.3 is 15.5 Å². The van der Waals surface area contributed by atoms with Crippen LogP contribution in [-0.2, 0) is 22.4 Å². The minimum Gasteiger partial charge on any atom is -0.380 e. The first kappa shape index (κ1) is 23.4. The molecule has 0 radical (unpaired) electrons. The van der Waals surface area contributed by atoms with Crippen molar-refractivity contribution in [2.24, 2.45) is 0 Å². The molecule has 1 saturated heterocycles. The van der Waals surface area contributed by atoms with Crippen LogP contribution in [0.25, 0.3) is 0 Å². The number of carbonyl (C=O) groups excluding carboxylic acids is 2. The number of nitrogens with one attached hydrogen (secondary N) is 2. The summed E-state index contributed by atoms with van der Waals surface area (Å²) in [5.41, 5.74) is 2.59. The highest BCUT2D eigenvalue weighted by molar-refractivity contribution is 6.30. The van der Waals surface area contributed by atoms with Crippen LogP contribution in [0.1, 0.15) is 42.1 Å². The molecule has 1 aromatic carbocycles. The van der Waals surface area contributed by atoms with Crippen molar-refractivity contribution in [2.45, 2.75) is 56.4 Å². The highest BCUT2D eigenvalue weighted by Crippen LogP contribution is 2.41. The number of rotatable bonds is 5. The predicted molar refractivity (Wildman–Crippen MR) is 118 cm³/mol. The second-order valence-corrected chi connectivity index (χ2v) is 8.84. The third-order valence-electron chi connectivity index (χ3n) is 6.17. The number of halogens is 4. The lowest BCUT2D eigenvalue weighted by atomic mass is 9.96. The van der Waals surface area contributed by atoms with Crippen molar-refractivity contribution < 1.29 is 22.8 Å². The summed E-state index contributed by atoms with van der Waals surface area (Å²) in [5, 5.41) is 6.34. The van der Waals surface area contributed by atoms with E-state index in [-0.39, 0.29) is 24.6 Å². The molecule has 1 aliphatic heterocycles. The Kier molecular flexibility index (Phi) is 6.52. The third-order valence-corrected chi connectivity index (χ3v) is 6.40. The zero-order valence-corrected chi connectivity index (χ0v) is 18.7. The Bertz CT molecular complexity index is 1040. The molecule has 1 fully saturated rings. The number of likely N-dealkylation sites (N-methyl/N-ethyl adjacent to an activating group) is 1. The van der Waals surface area contributed by atoms with E-state index < -0.39 is 30.1 Å². The number of likely N-dealkylation sites (tertiary alicyclic amines) is 1. The van der Waals surface area contributed by atoms with E-state index in [1.165, 1.54) is 30.9 Å². The summed E-state index contributed by atoms with van der Waals surface area (Å²) in [5.74, 6) is -1.32. The van der Waals surface area contributed by atoms with Crippen molar-refractivity contribution in [3.05, 3.63) is 58.4 Å². The Morgan fingerprint density at radius 3 is 2.64 bits per heavy atom. The second-order valence-electron chi connectivity index (χ2n) is 8.40. The van der Waals surface area contributed by atoms with E-state index in [1.807, 2.05) is 18.2 Å². The van der Waals surface area contributed by atoms with Crippen molar-refractivity contribution in [3.63, 3.8) is 0 Å². The quantitative estimate of drug-likeness (QED) is 0.677. The first-order chi connectivity index (χ1) is 15.7. The number of carbonyl (C=O) groups is 2. The normalized spacial score (nSPS) is 21.5. The fourth-order valence-corrected chi connectivity index (χ4v) is 4.88. The van der Waals surface area contributed by atoms with Crippen LogP contribution in [0.3, 0.4) is 0 Å². The second kappa shape index (κ2) is 9.21. The lowest BCUT2D eigenvalue weighted by Crippen LogP contribution is -2.55. The predicted octanol–water partition coefficient (Wildman–Crippen LogP) is 4.04. The van der Waals surface area contributed by atoms with Gasteiger partial charge in [-0.3, -0.25) is 14.6 Å². The van der Waals surface area contributed by atoms with Crippen LogP contribution in [0.5, 0.6) is 0 Å². The molecule has 1 aromatic heterocycles. The highest BCUT2D eigenvalue weighted by Gasteiger charge is 2.51. The first-order valence-corrected chi connectivity index (χ1v) is 11.1. The van der Waals surface area contributed by atoms with E-state index in [0.717, 1.165) is 18.4 Å². The van der Waals surface area contributed by atoms with Crippen molar-refractivity contribution in [2.75, 3.05) is 12.4 Å². The number of nitrogens with zero attached hydrogens (tertiary/aromatic N) is 2. The lowest BCUT2D eigenvalue weighted by molar-refractivity contribution is -0.201. The van der Waals surface area contributed by atoms with Crippen LogP contribution in [-0.4, -0.2) is 47.0 Å². The van der Waals surface area contributed by atoms with E-state index in [4.69, 9.17) is 11.6 Å². The molecule has 2 unspecified atom stereocenters. The number of aromatic nitrogens is 1. The molecule has 33 heavy (non-hydrogen) atoms. The molecule has 0 bridgehead atoms. The first-order valence-electron chi connectivity index (χ1n) is 10.8. The van der Waals surface area contributed by atoms with E-state index in [2.05, 4.69) is 15.6 Å². The summed E-state index contributed by atoms with van der Waals surface area (Å²) in [4.78, 5) is 29.4. The van der Waals surface area contributed by atoms with Crippen molar-refractivity contribution in [1.82, 2.24) is 15.2 Å². The number of hydrogen-bond donors (Lipinski definition) is 2. The molecule has 1 aliphatic carbocycles. The summed E-state index contributed by atoms with van der Waals surface area (Å²) < 4.78 is 42.4. The minimum absolute atomic E-state index is 0.0357. The molecule has 2 heterocycles. The molecule has 2 N–H and O–H groups in total. The van der Waals surface area contributed by atoms with Crippen LogP contribution in [0.15, 0.2) is 36.5 Å². The van der Waals surface area contributed by atoms with E-state index in [9.17, 15) is 22.8 Å². The molecule has 4 rings (SSSR count). The molecule has 3 atom stereocenters. The van der Waals surface area contributed by atoms with Gasteiger partial charge in [0.25, 0.3) is 0 Å². The molecule has 0 spiro atoms. The average molecular weight is 481 g/mol. The maximum atomic E-state index is 14.1. The molecule has 2 aromatic rings. The lowest BCUT2D eigenvalue weighted by Gasteiger charge is -2.40. The Morgan fingerprint density at radius 2 is 1.97 bits per heavy atom. The van der Waals surface area contributed by atoms with Crippen LogP contribution >= 0.6 is 11.6 Å². The van der Waals surface area contributed by atoms with E-state index in [0.29, 0.717) is 22.0 Å². The molecule has 0 saturated carbocycles. The van der Waals surface area contributed by atoms with Gasteiger partial charge in [-0.1, -0.05) is 17.7 Å². The van der Waals surface area contributed by atoms with Crippen molar-refractivity contribution in [1.29, 1.82) is 0 Å². The van der Waals surface area contributed by atoms with Gasteiger partial charge in [0, 0.05) is 24.5 Å². The SMILES string of the molecule is CNC(=O)C1CCCC(=O)N1C(c1ccc(N[C@H]2Cc3ccc(Cl)cc3C2)cn1)C(F)(F)F. The van der Waals surface area contributed by atoms with Gasteiger partial charge in [0.05, 0.1) is 17.6 Å². The highest BCUT2D eigenvalue weighted by atomic mass is 35.5. The van der Waals surface area contributed by atoms with Crippen LogP contribution in [0, 0.1) is 0 Å². The Balaban J connectivity index is 1.55. The topological polar surface area (TPSA) is 74.3 Å². The fraction of sp³-hybridized carbons (Fsp3) is 0.435. The zero-order chi connectivity index (χ0) is 23.8. The van der Waals surface area contributed by atoms with Crippen LogP contribution in [0.4, 0.5) is 18.9 Å². The Hall–Kier alpha value is -2.81. The number of amides is 2. The smallest absolute Gasteiger partial charge is 0.380 e. The van der Waals surface area contributed by atoms with Crippen molar-refractivity contribution in [3.8, 4) is 0 Å². The number of piperidine rings is 1. The maximum absolute atomic E-state index is 14.1. The van der Waals surface area contributed by atoms with Gasteiger partial charge in [-0.05, 0) is 61.1 Å². The maximum Gasteiger partial charge on any atom is 0.414 e. The fourth-order valence-electron chi connectivity index (χ4n) is 4.68. The number of benzene rings is 1. The molecular formula is C23H24ClF3N4O2. The molecule has 2 aliphatic rings. The minimum atomic E-state index is -4.78. The summed E-state index contributed by atoms with van der Waals surface area (Å²) in [7, 11) is 1.34.